The molecule has 60 heavy (non-hydrogen) atoms. The molecule has 8 rings (SSSR count). The number of nitrogens with one attached hydrogen (secondary N) is 2. The Labute approximate surface area is 346 Å². The summed E-state index contributed by atoms with van der Waals surface area (Å²) in [5, 5.41) is 28.5. The van der Waals surface area contributed by atoms with E-state index in [2.05, 4.69) is 20.5 Å². The third-order valence-electron chi connectivity index (χ3n) is 12.1. The summed E-state index contributed by atoms with van der Waals surface area (Å²) in [5.41, 5.74) is 2.74. The van der Waals surface area contributed by atoms with Gasteiger partial charge < -0.3 is 44.9 Å². The molecule has 2 aliphatic heterocycles. The molecular formula is C44H50F2N6O8. The summed E-state index contributed by atoms with van der Waals surface area (Å²) in [4.78, 5) is 48.0. The number of benzene rings is 2. The molecule has 2 amide bonds. The number of carbonyl (C=O) groups excluding carboxylic acids is 2. The van der Waals surface area contributed by atoms with E-state index in [0.717, 1.165) is 48.3 Å². The maximum atomic E-state index is 13.9. The van der Waals surface area contributed by atoms with Gasteiger partial charge in [0.25, 0.3) is 17.4 Å². The van der Waals surface area contributed by atoms with E-state index in [1.165, 1.54) is 6.07 Å². The number of aromatic nitrogens is 2. The van der Waals surface area contributed by atoms with Crippen LogP contribution in [0.4, 0.5) is 20.2 Å². The van der Waals surface area contributed by atoms with Gasteiger partial charge in [-0.25, -0.2) is 4.98 Å². The lowest BCUT2D eigenvalue weighted by Crippen LogP contribution is -2.55. The molecule has 3 unspecified atom stereocenters. The van der Waals surface area contributed by atoms with Crippen LogP contribution in [0.5, 0.6) is 17.4 Å². The van der Waals surface area contributed by atoms with Crippen molar-refractivity contribution in [3.63, 3.8) is 0 Å². The molecule has 0 spiro atoms. The Bertz CT molecular complexity index is 2230. The third-order valence-corrected chi connectivity index (χ3v) is 12.1. The maximum absolute atomic E-state index is 13.9. The van der Waals surface area contributed by atoms with Gasteiger partial charge in [-0.1, -0.05) is 49.6 Å². The van der Waals surface area contributed by atoms with Crippen molar-refractivity contribution < 1.29 is 42.8 Å². The molecule has 318 valence electrons. The summed E-state index contributed by atoms with van der Waals surface area (Å²) in [7, 11) is 1.56. The quantitative estimate of drug-likeness (QED) is 0.169. The number of hydrogen-bond acceptors (Lipinski definition) is 11. The normalized spacial score (nSPS) is 25.0. The molecule has 14 nitrogen and oxygen atoms in total. The van der Waals surface area contributed by atoms with Crippen LogP contribution in [0.1, 0.15) is 74.1 Å². The molecule has 0 radical (unpaired) electrons. The number of anilines is 2. The van der Waals surface area contributed by atoms with E-state index in [9.17, 15) is 33.4 Å². The highest BCUT2D eigenvalue weighted by Gasteiger charge is 2.39. The SMILES string of the molecule is COc1ccc(CN2CC(C(=O)N[C@H]3CCCC(c4ccc5c(c4)OC(C(=O)N[C@H]4CCCC[C@@H]4O)CN5Cc4ccc(=O)n(C(F)F)c4)[C@@H]3O)Oc3ccccc32)cn1. The topological polar surface area (TPSA) is 168 Å². The van der Waals surface area contributed by atoms with Crippen LogP contribution in [0.2, 0.25) is 0 Å². The zero-order valence-corrected chi connectivity index (χ0v) is 33.3. The van der Waals surface area contributed by atoms with E-state index in [1.807, 2.05) is 47.4 Å². The predicted octanol–water partition coefficient (Wildman–Crippen LogP) is 4.42. The van der Waals surface area contributed by atoms with Gasteiger partial charge >= 0.3 is 6.55 Å². The molecule has 4 N–H and O–H groups in total. The predicted molar refractivity (Wildman–Crippen MR) is 217 cm³/mol. The Morgan fingerprint density at radius 3 is 2.20 bits per heavy atom. The van der Waals surface area contributed by atoms with Gasteiger partial charge in [-0.05, 0) is 66.6 Å². The maximum Gasteiger partial charge on any atom is 0.321 e. The molecule has 4 aliphatic rings. The first-order valence-corrected chi connectivity index (χ1v) is 20.6. The zero-order chi connectivity index (χ0) is 41.9. The van der Waals surface area contributed by atoms with Gasteiger partial charge in [0.05, 0.1) is 55.9 Å². The average Bonchev–Trinajstić information content (AvgIpc) is 3.25. The molecule has 2 fully saturated rings. The van der Waals surface area contributed by atoms with Gasteiger partial charge in [0.2, 0.25) is 5.88 Å². The average molecular weight is 829 g/mol. The van der Waals surface area contributed by atoms with Crippen LogP contribution in [0.15, 0.2) is 83.9 Å². The van der Waals surface area contributed by atoms with Crippen molar-refractivity contribution in [2.24, 2.45) is 0 Å². The lowest BCUT2D eigenvalue weighted by molar-refractivity contribution is -0.130. The Kier molecular flexibility index (Phi) is 12.2. The van der Waals surface area contributed by atoms with E-state index in [-0.39, 0.29) is 31.5 Å². The number of nitrogens with zero attached hydrogens (tertiary/aromatic N) is 4. The van der Waals surface area contributed by atoms with Crippen LogP contribution in [0.3, 0.4) is 0 Å². The highest BCUT2D eigenvalue weighted by molar-refractivity contribution is 5.84. The van der Waals surface area contributed by atoms with Crippen molar-refractivity contribution in [3.8, 4) is 17.4 Å². The summed E-state index contributed by atoms with van der Waals surface area (Å²) in [6.45, 7) is -2.08. The number of fused-ring (bicyclic) bond motifs is 2. The van der Waals surface area contributed by atoms with Crippen molar-refractivity contribution in [2.45, 2.75) is 107 Å². The lowest BCUT2D eigenvalue weighted by Gasteiger charge is -2.40. The van der Waals surface area contributed by atoms with Gasteiger partial charge in [0.15, 0.2) is 12.2 Å². The Morgan fingerprint density at radius 2 is 1.48 bits per heavy atom. The highest BCUT2D eigenvalue weighted by atomic mass is 19.3. The van der Waals surface area contributed by atoms with E-state index >= 15 is 0 Å². The number of alkyl halides is 2. The van der Waals surface area contributed by atoms with E-state index in [0.29, 0.717) is 65.4 Å². The minimum atomic E-state index is -3.02. The Morgan fingerprint density at radius 1 is 0.817 bits per heavy atom. The van der Waals surface area contributed by atoms with Crippen LogP contribution in [0.25, 0.3) is 0 Å². The molecule has 2 aromatic heterocycles. The summed E-state index contributed by atoms with van der Waals surface area (Å²) in [6.07, 6.45) is 4.24. The summed E-state index contributed by atoms with van der Waals surface area (Å²) in [5.74, 6) is 0.308. The first-order valence-electron chi connectivity index (χ1n) is 20.6. The second kappa shape index (κ2) is 17.9. The van der Waals surface area contributed by atoms with Gasteiger partial charge in [-0.15, -0.1) is 0 Å². The number of aliphatic hydroxyl groups excluding tert-OH is 2. The number of hydrogen-bond donors (Lipinski definition) is 4. The number of amides is 2. The van der Waals surface area contributed by atoms with Crippen LogP contribution in [-0.2, 0) is 22.7 Å². The second-order valence-electron chi connectivity index (χ2n) is 16.0. The first kappa shape index (κ1) is 41.0. The number of para-hydroxylation sites is 2. The summed E-state index contributed by atoms with van der Waals surface area (Å²) in [6, 6.07) is 18.3. The highest BCUT2D eigenvalue weighted by Crippen LogP contribution is 2.41. The summed E-state index contributed by atoms with van der Waals surface area (Å²) >= 11 is 0. The number of halogens is 2. The Balaban J connectivity index is 0.995. The van der Waals surface area contributed by atoms with Crippen molar-refractivity contribution >= 4 is 23.2 Å². The molecular weight excluding hydrogens is 779 g/mol. The summed E-state index contributed by atoms with van der Waals surface area (Å²) < 4.78 is 45.5. The van der Waals surface area contributed by atoms with Crippen molar-refractivity contribution in [1.82, 2.24) is 20.2 Å². The van der Waals surface area contributed by atoms with E-state index in [1.54, 1.807) is 25.4 Å². The number of pyridine rings is 2. The van der Waals surface area contributed by atoms with E-state index in [4.69, 9.17) is 14.2 Å². The monoisotopic (exact) mass is 828 g/mol. The molecule has 16 heteroatoms. The Hall–Kier alpha value is -5.74. The van der Waals surface area contributed by atoms with Gasteiger partial charge in [-0.3, -0.25) is 19.0 Å². The van der Waals surface area contributed by atoms with Crippen molar-refractivity contribution in [1.29, 1.82) is 0 Å². The van der Waals surface area contributed by atoms with Crippen LogP contribution >= 0.6 is 0 Å². The number of ether oxygens (including phenoxy) is 3. The van der Waals surface area contributed by atoms with E-state index < -0.39 is 54.5 Å². The fourth-order valence-corrected chi connectivity index (χ4v) is 8.88. The standard InChI is InChI=1S/C44H50F2N6O8/c1-58-39-17-13-26(20-47-39)21-50-24-37(59-35-12-5-3-10-32(35)50)43(57)49-31-9-6-7-29(41(31)55)28-15-16-33-36(19-28)60-38(42(56)48-30-8-2-4-11-34(30)53)25-51(33)22-27-14-18-40(54)52(23-27)44(45)46/h3,5,10,12-20,23,29-31,34,37-38,41,44,53,55H,2,4,6-9,11,21-22,24-25H2,1H3,(H,48,56)(H,49,57)/t29?,30-,31-,34-,37?,38?,41-/m0/s1. The second-order valence-corrected chi connectivity index (χ2v) is 16.0. The van der Waals surface area contributed by atoms with Crippen molar-refractivity contribution in [2.75, 3.05) is 30.0 Å². The fraction of sp³-hybridized carbons (Fsp3) is 0.455. The van der Waals surface area contributed by atoms with Crippen LogP contribution in [0, 0.1) is 0 Å². The smallest absolute Gasteiger partial charge is 0.321 e. The van der Waals surface area contributed by atoms with Gasteiger partial charge in [-0.2, -0.15) is 8.78 Å². The zero-order valence-electron chi connectivity index (χ0n) is 33.3. The molecule has 7 atom stereocenters. The number of aliphatic hydroxyl groups is 2. The van der Waals surface area contributed by atoms with Crippen LogP contribution < -0.4 is 40.2 Å². The minimum absolute atomic E-state index is 0.0804. The molecule has 4 heterocycles. The lowest BCUT2D eigenvalue weighted by atomic mass is 9.78. The van der Waals surface area contributed by atoms with Gasteiger partial charge in [0.1, 0.15) is 11.5 Å². The molecule has 2 aliphatic carbocycles. The fourth-order valence-electron chi connectivity index (χ4n) is 8.88. The van der Waals surface area contributed by atoms with Crippen molar-refractivity contribution in [3.05, 3.63) is 106 Å². The molecule has 2 aromatic carbocycles. The molecule has 2 saturated carbocycles. The third kappa shape index (κ3) is 8.89. The van der Waals surface area contributed by atoms with Crippen LogP contribution in [-0.4, -0.2) is 88.3 Å². The largest absolute Gasteiger partial charge is 0.481 e. The number of carbonyl (C=O) groups is 2. The molecule has 0 bridgehead atoms. The van der Waals surface area contributed by atoms with Gasteiger partial charge in [0, 0.05) is 43.5 Å². The molecule has 4 aromatic rings. The number of rotatable bonds is 11. The molecule has 0 saturated heterocycles. The first-order chi connectivity index (χ1) is 29.0. The number of methoxy groups -OCH3 is 1. The minimum Gasteiger partial charge on any atom is -0.481 e.